The summed E-state index contributed by atoms with van der Waals surface area (Å²) in [4.78, 5) is 41.1. The topological polar surface area (TPSA) is 106 Å². The predicted molar refractivity (Wildman–Crippen MR) is 123 cm³/mol. The maximum Gasteiger partial charge on any atom is 0.348 e. The van der Waals surface area contributed by atoms with Gasteiger partial charge in [-0.25, -0.2) is 9.59 Å². The standard InChI is InChI=1S/C23H20N4O4S/c1-13-9-11-15(12-10-13)17-14(2)32-21(18(17)22(29)31-3)25-20(28)19-24-23(30)27(26-19)16-7-5-4-6-8-16/h4-12H,1-3H3,(H,25,28)(H,24,26,30). The lowest BCUT2D eigenvalue weighted by Crippen LogP contribution is -2.16. The fourth-order valence-electron chi connectivity index (χ4n) is 3.33. The van der Waals surface area contributed by atoms with Crippen molar-refractivity contribution in [2.45, 2.75) is 13.8 Å². The van der Waals surface area contributed by atoms with E-state index in [9.17, 15) is 14.4 Å². The molecule has 4 rings (SSSR count). The van der Waals surface area contributed by atoms with Gasteiger partial charge in [-0.1, -0.05) is 48.0 Å². The van der Waals surface area contributed by atoms with Crippen molar-refractivity contribution in [3.63, 3.8) is 0 Å². The second-order valence-corrected chi connectivity index (χ2v) is 8.30. The first-order chi connectivity index (χ1) is 15.4. The molecule has 0 unspecified atom stereocenters. The van der Waals surface area contributed by atoms with Gasteiger partial charge in [-0.3, -0.25) is 9.78 Å². The second kappa shape index (κ2) is 8.64. The summed E-state index contributed by atoms with van der Waals surface area (Å²) in [5.41, 5.74) is 2.87. The van der Waals surface area contributed by atoms with Crippen LogP contribution in [0.4, 0.5) is 5.00 Å². The average Bonchev–Trinajstić information content (AvgIpc) is 3.34. The van der Waals surface area contributed by atoms with Gasteiger partial charge in [-0.05, 0) is 31.5 Å². The molecule has 0 saturated carbocycles. The minimum atomic E-state index is -0.640. The lowest BCUT2D eigenvalue weighted by atomic mass is 10.0. The van der Waals surface area contributed by atoms with Gasteiger partial charge in [0.1, 0.15) is 10.6 Å². The van der Waals surface area contributed by atoms with Crippen molar-refractivity contribution in [3.8, 4) is 16.8 Å². The quantitative estimate of drug-likeness (QED) is 0.450. The Kier molecular flexibility index (Phi) is 5.74. The van der Waals surface area contributed by atoms with E-state index in [-0.39, 0.29) is 11.4 Å². The van der Waals surface area contributed by atoms with Crippen LogP contribution < -0.4 is 11.0 Å². The van der Waals surface area contributed by atoms with Gasteiger partial charge in [0.25, 0.3) is 5.91 Å². The number of aryl methyl sites for hydroxylation is 2. The number of anilines is 1. The molecule has 0 aliphatic carbocycles. The number of nitrogens with zero attached hydrogens (tertiary/aromatic N) is 2. The van der Waals surface area contributed by atoms with Gasteiger partial charge in [0.05, 0.1) is 12.8 Å². The third-order valence-electron chi connectivity index (χ3n) is 4.87. The molecule has 0 fully saturated rings. The van der Waals surface area contributed by atoms with Crippen LogP contribution in [0.5, 0.6) is 0 Å². The summed E-state index contributed by atoms with van der Waals surface area (Å²) < 4.78 is 6.09. The fraction of sp³-hybridized carbons (Fsp3) is 0.130. The van der Waals surface area contributed by atoms with E-state index in [1.807, 2.05) is 44.2 Å². The number of H-pyrrole nitrogens is 1. The summed E-state index contributed by atoms with van der Waals surface area (Å²) in [7, 11) is 1.29. The van der Waals surface area contributed by atoms with Crippen molar-refractivity contribution in [2.75, 3.05) is 12.4 Å². The minimum Gasteiger partial charge on any atom is -0.465 e. The van der Waals surface area contributed by atoms with Gasteiger partial charge < -0.3 is 10.1 Å². The van der Waals surface area contributed by atoms with Crippen LogP contribution >= 0.6 is 11.3 Å². The average molecular weight is 449 g/mol. The van der Waals surface area contributed by atoms with Crippen LogP contribution in [0.25, 0.3) is 16.8 Å². The number of rotatable bonds is 5. The molecule has 2 heterocycles. The minimum absolute atomic E-state index is 0.169. The number of amides is 1. The van der Waals surface area contributed by atoms with E-state index in [1.165, 1.54) is 18.4 Å². The first-order valence-electron chi connectivity index (χ1n) is 9.74. The third-order valence-corrected chi connectivity index (χ3v) is 5.90. The Morgan fingerprint density at radius 2 is 1.75 bits per heavy atom. The molecule has 1 amide bonds. The number of carbonyl (C=O) groups excluding carboxylic acids is 2. The number of ether oxygens (including phenoxy) is 1. The molecule has 8 nitrogen and oxygen atoms in total. The molecular weight excluding hydrogens is 428 g/mol. The molecule has 162 valence electrons. The lowest BCUT2D eigenvalue weighted by Gasteiger charge is -2.08. The molecule has 2 aromatic heterocycles. The molecular formula is C23H20N4O4S. The number of hydrogen-bond acceptors (Lipinski definition) is 6. The van der Waals surface area contributed by atoms with Gasteiger partial charge in [0, 0.05) is 10.4 Å². The zero-order valence-electron chi connectivity index (χ0n) is 17.6. The number of esters is 1. The summed E-state index contributed by atoms with van der Waals surface area (Å²) in [6.07, 6.45) is 0. The van der Waals surface area contributed by atoms with E-state index in [4.69, 9.17) is 4.74 Å². The Balaban J connectivity index is 1.71. The van der Waals surface area contributed by atoms with Crippen molar-refractivity contribution in [1.82, 2.24) is 14.8 Å². The molecule has 0 atom stereocenters. The molecule has 9 heteroatoms. The number of benzene rings is 2. The highest BCUT2D eigenvalue weighted by atomic mass is 32.1. The van der Waals surface area contributed by atoms with Crippen LogP contribution in [-0.4, -0.2) is 33.8 Å². The number of nitrogens with one attached hydrogen (secondary N) is 2. The maximum atomic E-state index is 12.9. The van der Waals surface area contributed by atoms with Crippen LogP contribution in [0.15, 0.2) is 59.4 Å². The van der Waals surface area contributed by atoms with Gasteiger partial charge in [-0.2, -0.15) is 4.68 Å². The Morgan fingerprint density at radius 1 is 1.06 bits per heavy atom. The summed E-state index contributed by atoms with van der Waals surface area (Å²) in [5.74, 6) is -1.38. The Morgan fingerprint density at radius 3 is 2.41 bits per heavy atom. The van der Waals surface area contributed by atoms with Gasteiger partial charge in [0.15, 0.2) is 0 Å². The van der Waals surface area contributed by atoms with Crippen LogP contribution in [0.2, 0.25) is 0 Å². The third kappa shape index (κ3) is 3.97. The van der Waals surface area contributed by atoms with Crippen LogP contribution in [0.1, 0.15) is 31.4 Å². The normalized spacial score (nSPS) is 10.7. The van der Waals surface area contributed by atoms with Crippen LogP contribution in [0, 0.1) is 13.8 Å². The molecule has 0 aliphatic rings. The Labute approximate surface area is 187 Å². The number of carbonyl (C=O) groups is 2. The smallest absolute Gasteiger partial charge is 0.348 e. The van der Waals surface area contributed by atoms with Gasteiger partial charge in [0.2, 0.25) is 5.82 Å². The van der Waals surface area contributed by atoms with E-state index in [0.717, 1.165) is 20.7 Å². The highest BCUT2D eigenvalue weighted by molar-refractivity contribution is 7.17. The molecule has 0 saturated heterocycles. The van der Waals surface area contributed by atoms with Crippen molar-refractivity contribution < 1.29 is 14.3 Å². The first-order valence-corrected chi connectivity index (χ1v) is 10.6. The first kappa shape index (κ1) is 21.3. The summed E-state index contributed by atoms with van der Waals surface area (Å²) in [6, 6.07) is 16.5. The van der Waals surface area contributed by atoms with Crippen molar-refractivity contribution in [2.24, 2.45) is 0 Å². The number of aromatic nitrogens is 3. The van der Waals surface area contributed by atoms with E-state index >= 15 is 0 Å². The van der Waals surface area contributed by atoms with E-state index in [0.29, 0.717) is 16.3 Å². The SMILES string of the molecule is COC(=O)c1c(NC(=O)c2nn(-c3ccccc3)c(=O)[nH]2)sc(C)c1-c1ccc(C)cc1. The van der Waals surface area contributed by atoms with E-state index < -0.39 is 17.6 Å². The lowest BCUT2D eigenvalue weighted by molar-refractivity contribution is 0.0603. The maximum absolute atomic E-state index is 12.9. The predicted octanol–water partition coefficient (Wildman–Crippen LogP) is 3.94. The molecule has 0 aliphatic heterocycles. The van der Waals surface area contributed by atoms with Crippen LogP contribution in [-0.2, 0) is 4.74 Å². The fourth-order valence-corrected chi connectivity index (χ4v) is 4.39. The Hall–Kier alpha value is -3.98. The zero-order valence-corrected chi connectivity index (χ0v) is 18.4. The van der Waals surface area contributed by atoms with E-state index in [2.05, 4.69) is 15.4 Å². The second-order valence-electron chi connectivity index (χ2n) is 7.08. The summed E-state index contributed by atoms with van der Waals surface area (Å²) in [5, 5.41) is 7.13. The summed E-state index contributed by atoms with van der Waals surface area (Å²) >= 11 is 1.25. The molecule has 32 heavy (non-hydrogen) atoms. The van der Waals surface area contributed by atoms with Crippen molar-refractivity contribution >= 4 is 28.2 Å². The molecule has 0 bridgehead atoms. The largest absolute Gasteiger partial charge is 0.465 e. The monoisotopic (exact) mass is 448 g/mol. The number of thiophene rings is 1. The van der Waals surface area contributed by atoms with E-state index in [1.54, 1.807) is 24.3 Å². The zero-order chi connectivity index (χ0) is 22.8. The van der Waals surface area contributed by atoms with Crippen LogP contribution in [0.3, 0.4) is 0 Å². The van der Waals surface area contributed by atoms with Crippen molar-refractivity contribution in [3.05, 3.63) is 86.9 Å². The van der Waals surface area contributed by atoms with Crippen molar-refractivity contribution in [1.29, 1.82) is 0 Å². The van der Waals surface area contributed by atoms with Gasteiger partial charge in [-0.15, -0.1) is 16.4 Å². The molecule has 2 aromatic carbocycles. The molecule has 0 spiro atoms. The highest BCUT2D eigenvalue weighted by Gasteiger charge is 2.26. The molecule has 0 radical (unpaired) electrons. The van der Waals surface area contributed by atoms with Gasteiger partial charge >= 0.3 is 11.7 Å². The number of hydrogen-bond donors (Lipinski definition) is 2. The number of methoxy groups -OCH3 is 1. The molecule has 2 N–H and O–H groups in total. The number of aromatic amines is 1. The molecule has 4 aromatic rings. The highest BCUT2D eigenvalue weighted by Crippen LogP contribution is 2.40. The number of para-hydroxylation sites is 1. The summed E-state index contributed by atoms with van der Waals surface area (Å²) in [6.45, 7) is 3.85. The Bertz CT molecular complexity index is 1350.